The second kappa shape index (κ2) is 6.94. The van der Waals surface area contributed by atoms with Crippen molar-refractivity contribution in [2.45, 2.75) is 38.4 Å². The monoisotopic (exact) mass is 376 g/mol. The number of rotatable bonds is 5. The number of piperazine rings is 1. The van der Waals surface area contributed by atoms with Crippen LogP contribution in [-0.2, 0) is 23.4 Å². The fraction of sp³-hybridized carbons (Fsp3) is 0.632. The Kier molecular flexibility index (Phi) is 4.79. The molecule has 3 heterocycles. The minimum atomic E-state index is -2.96. The average Bonchev–Trinajstić information content (AvgIpc) is 3.11. The number of para-hydroxylation sites is 2. The Balaban J connectivity index is 1.57. The first-order valence-electron chi connectivity index (χ1n) is 9.57. The molecule has 2 fully saturated rings. The van der Waals surface area contributed by atoms with Gasteiger partial charge in [-0.25, -0.2) is 13.4 Å². The summed E-state index contributed by atoms with van der Waals surface area (Å²) in [6, 6.07) is 8.37. The van der Waals surface area contributed by atoms with Crippen molar-refractivity contribution in [1.82, 2.24) is 19.4 Å². The molecule has 4 rings (SSSR count). The van der Waals surface area contributed by atoms with Crippen molar-refractivity contribution >= 4 is 20.9 Å². The summed E-state index contributed by atoms with van der Waals surface area (Å²) >= 11 is 0. The van der Waals surface area contributed by atoms with Gasteiger partial charge in [0.1, 0.15) is 5.82 Å². The molecule has 7 heteroatoms. The molecule has 2 aliphatic rings. The zero-order valence-corrected chi connectivity index (χ0v) is 16.5. The van der Waals surface area contributed by atoms with Crippen molar-refractivity contribution in [3.63, 3.8) is 0 Å². The molecule has 0 N–H and O–H groups in total. The van der Waals surface area contributed by atoms with Gasteiger partial charge in [-0.3, -0.25) is 9.80 Å². The number of imidazole rings is 1. The quantitative estimate of drug-likeness (QED) is 0.794. The number of unbranched alkanes of at least 4 members (excludes halogenated alkanes) is 1. The topological polar surface area (TPSA) is 58.4 Å². The maximum atomic E-state index is 12.3. The van der Waals surface area contributed by atoms with Gasteiger partial charge in [0.25, 0.3) is 0 Å². The predicted octanol–water partition coefficient (Wildman–Crippen LogP) is 1.66. The maximum absolute atomic E-state index is 12.3. The van der Waals surface area contributed by atoms with Crippen molar-refractivity contribution < 1.29 is 8.42 Å². The van der Waals surface area contributed by atoms with Gasteiger partial charge in [0.05, 0.1) is 29.1 Å². The van der Waals surface area contributed by atoms with Crippen LogP contribution in [0.2, 0.25) is 0 Å². The molecule has 2 aromatic rings. The van der Waals surface area contributed by atoms with Crippen molar-refractivity contribution in [3.05, 3.63) is 30.1 Å². The number of aryl methyl sites for hydroxylation is 1. The van der Waals surface area contributed by atoms with Crippen molar-refractivity contribution in [3.8, 4) is 0 Å². The fourth-order valence-corrected chi connectivity index (χ4v) is 6.49. The van der Waals surface area contributed by atoms with E-state index in [2.05, 4.69) is 27.4 Å². The molecule has 0 aliphatic carbocycles. The number of benzene rings is 1. The lowest BCUT2D eigenvalue weighted by Crippen LogP contribution is -2.58. The molecule has 1 aromatic carbocycles. The maximum Gasteiger partial charge on any atom is 0.153 e. The lowest BCUT2D eigenvalue weighted by atomic mass is 10.0. The summed E-state index contributed by atoms with van der Waals surface area (Å²) in [5.74, 6) is 1.60. The summed E-state index contributed by atoms with van der Waals surface area (Å²) in [6.07, 6.45) is 2.28. The van der Waals surface area contributed by atoms with E-state index in [1.165, 1.54) is 0 Å². The smallest absolute Gasteiger partial charge is 0.153 e. The summed E-state index contributed by atoms with van der Waals surface area (Å²) in [7, 11) is -0.911. The van der Waals surface area contributed by atoms with Gasteiger partial charge < -0.3 is 4.57 Å². The Bertz CT molecular complexity index is 892. The zero-order chi connectivity index (χ0) is 18.3. The number of hydrogen-bond donors (Lipinski definition) is 0. The summed E-state index contributed by atoms with van der Waals surface area (Å²) in [5, 5.41) is 0. The molecular weight excluding hydrogens is 348 g/mol. The van der Waals surface area contributed by atoms with E-state index in [1.807, 2.05) is 25.2 Å². The second-order valence-corrected chi connectivity index (χ2v) is 9.80. The van der Waals surface area contributed by atoms with Crippen molar-refractivity contribution in [2.24, 2.45) is 7.05 Å². The number of fused-ring (bicyclic) bond motifs is 2. The van der Waals surface area contributed by atoms with E-state index >= 15 is 0 Å². The van der Waals surface area contributed by atoms with E-state index in [9.17, 15) is 8.42 Å². The van der Waals surface area contributed by atoms with Crippen LogP contribution in [-0.4, -0.2) is 71.0 Å². The lowest BCUT2D eigenvalue weighted by molar-refractivity contribution is 0.0377. The first-order chi connectivity index (χ1) is 12.5. The third kappa shape index (κ3) is 3.28. The van der Waals surface area contributed by atoms with Gasteiger partial charge >= 0.3 is 0 Å². The summed E-state index contributed by atoms with van der Waals surface area (Å²) in [4.78, 5) is 9.54. The highest BCUT2D eigenvalue weighted by Crippen LogP contribution is 2.28. The van der Waals surface area contributed by atoms with Gasteiger partial charge in [0.15, 0.2) is 9.84 Å². The molecule has 2 atom stereocenters. The lowest BCUT2D eigenvalue weighted by Gasteiger charge is -2.43. The van der Waals surface area contributed by atoms with E-state index in [0.717, 1.165) is 49.3 Å². The Labute approximate surface area is 155 Å². The highest BCUT2D eigenvalue weighted by molar-refractivity contribution is 7.91. The standard InChI is InChI=1S/C19H28N4O2S/c1-3-4-9-22-10-11-23(18-14-26(24,25)13-17(18)22)12-19-20-15-7-5-6-8-16(15)21(19)2/h5-8,17-18H,3-4,9-14H2,1-2H3/t17-,18+/m1/s1. The third-order valence-corrected chi connectivity index (χ3v) is 7.63. The van der Waals surface area contributed by atoms with Gasteiger partial charge in [-0.15, -0.1) is 0 Å². The molecule has 26 heavy (non-hydrogen) atoms. The number of nitrogens with zero attached hydrogens (tertiary/aromatic N) is 4. The summed E-state index contributed by atoms with van der Waals surface area (Å²) in [5.41, 5.74) is 2.13. The SMILES string of the molecule is CCCCN1CCN(Cc2nc3ccccc3n2C)[C@H]2CS(=O)(=O)C[C@H]21. The van der Waals surface area contributed by atoms with Crippen LogP contribution in [0.5, 0.6) is 0 Å². The fourth-order valence-electron chi connectivity index (χ4n) is 4.45. The minimum absolute atomic E-state index is 0.0884. The number of sulfone groups is 1. The van der Waals surface area contributed by atoms with Gasteiger partial charge in [0.2, 0.25) is 0 Å². The average molecular weight is 377 g/mol. The van der Waals surface area contributed by atoms with E-state index in [0.29, 0.717) is 12.3 Å². The van der Waals surface area contributed by atoms with Crippen molar-refractivity contribution in [2.75, 3.05) is 31.1 Å². The predicted molar refractivity (Wildman–Crippen MR) is 104 cm³/mol. The number of hydrogen-bond acceptors (Lipinski definition) is 5. The molecular formula is C19H28N4O2S. The Morgan fingerprint density at radius 2 is 1.81 bits per heavy atom. The molecule has 0 spiro atoms. The van der Waals surface area contributed by atoms with E-state index in [4.69, 9.17) is 4.98 Å². The molecule has 1 aromatic heterocycles. The second-order valence-electron chi connectivity index (χ2n) is 7.65. The third-order valence-electron chi connectivity index (χ3n) is 5.93. The van der Waals surface area contributed by atoms with Crippen LogP contribution < -0.4 is 0 Å². The molecule has 0 saturated carbocycles. The summed E-state index contributed by atoms with van der Waals surface area (Å²) in [6.45, 7) is 5.76. The first-order valence-corrected chi connectivity index (χ1v) is 11.4. The number of aromatic nitrogens is 2. The highest BCUT2D eigenvalue weighted by atomic mass is 32.2. The van der Waals surface area contributed by atoms with Crippen molar-refractivity contribution in [1.29, 1.82) is 0 Å². The highest BCUT2D eigenvalue weighted by Gasteiger charge is 2.46. The first kappa shape index (κ1) is 17.9. The normalized spacial score (nSPS) is 26.4. The molecule has 0 amide bonds. The van der Waals surface area contributed by atoms with Crippen LogP contribution in [0.25, 0.3) is 11.0 Å². The molecule has 0 unspecified atom stereocenters. The van der Waals surface area contributed by atoms with Crippen LogP contribution >= 0.6 is 0 Å². The van der Waals surface area contributed by atoms with Gasteiger partial charge in [0, 0.05) is 32.2 Å². The van der Waals surface area contributed by atoms with Gasteiger partial charge in [-0.05, 0) is 25.1 Å². The van der Waals surface area contributed by atoms with Crippen LogP contribution in [0, 0.1) is 0 Å². The van der Waals surface area contributed by atoms with E-state index in [-0.39, 0.29) is 17.8 Å². The van der Waals surface area contributed by atoms with Gasteiger partial charge in [-0.2, -0.15) is 0 Å². The molecule has 142 valence electrons. The van der Waals surface area contributed by atoms with Crippen LogP contribution in [0.3, 0.4) is 0 Å². The summed E-state index contributed by atoms with van der Waals surface area (Å²) < 4.78 is 26.8. The Morgan fingerprint density at radius 3 is 2.54 bits per heavy atom. The van der Waals surface area contributed by atoms with Crippen LogP contribution in [0.1, 0.15) is 25.6 Å². The van der Waals surface area contributed by atoms with E-state index < -0.39 is 9.84 Å². The van der Waals surface area contributed by atoms with Crippen LogP contribution in [0.4, 0.5) is 0 Å². The molecule has 0 bridgehead atoms. The Hall–Kier alpha value is -1.44. The molecule has 6 nitrogen and oxygen atoms in total. The van der Waals surface area contributed by atoms with E-state index in [1.54, 1.807) is 0 Å². The van der Waals surface area contributed by atoms with Crippen LogP contribution in [0.15, 0.2) is 24.3 Å². The molecule has 0 radical (unpaired) electrons. The zero-order valence-electron chi connectivity index (χ0n) is 15.6. The molecule has 2 saturated heterocycles. The Morgan fingerprint density at radius 1 is 1.12 bits per heavy atom. The minimum Gasteiger partial charge on any atom is -0.330 e. The largest absolute Gasteiger partial charge is 0.330 e. The van der Waals surface area contributed by atoms with Gasteiger partial charge in [-0.1, -0.05) is 25.5 Å². The molecule has 2 aliphatic heterocycles.